The van der Waals surface area contributed by atoms with Gasteiger partial charge in [0.1, 0.15) is 17.8 Å². The SMILES string of the molecule is O=C(O)CCC(NC(=O)c1cc(OCC(=O)N2CCCC2C(=O)NCC2CC2)n(-c2ccccc2)n1)C(=O)N1CCN(C(=O)Oc2ccccc2)CC1. The average molecular weight is 730 g/mol. The van der Waals surface area contributed by atoms with E-state index in [2.05, 4.69) is 15.7 Å². The average Bonchev–Trinajstić information content (AvgIpc) is 3.69. The lowest BCUT2D eigenvalue weighted by Crippen LogP contribution is -2.56. The van der Waals surface area contributed by atoms with Gasteiger partial charge in [0.2, 0.25) is 17.7 Å². The lowest BCUT2D eigenvalue weighted by Gasteiger charge is -2.35. The van der Waals surface area contributed by atoms with E-state index in [-0.39, 0.29) is 62.4 Å². The number of carbonyl (C=O) groups excluding carboxylic acids is 5. The Morgan fingerprint density at radius 2 is 1.55 bits per heavy atom. The summed E-state index contributed by atoms with van der Waals surface area (Å²) in [5.74, 6) is -1.96. The number of aliphatic carboxylic acids is 1. The van der Waals surface area contributed by atoms with Crippen molar-refractivity contribution < 1.29 is 43.3 Å². The van der Waals surface area contributed by atoms with Gasteiger partial charge in [-0.3, -0.25) is 24.0 Å². The highest BCUT2D eigenvalue weighted by Crippen LogP contribution is 2.28. The maximum atomic E-state index is 13.7. The minimum atomic E-state index is -1.20. The van der Waals surface area contributed by atoms with Crippen LogP contribution in [0.25, 0.3) is 5.69 Å². The van der Waals surface area contributed by atoms with E-state index >= 15 is 0 Å². The van der Waals surface area contributed by atoms with Crippen molar-refractivity contribution in [1.29, 1.82) is 0 Å². The van der Waals surface area contributed by atoms with Gasteiger partial charge in [0.25, 0.3) is 11.8 Å². The number of benzene rings is 2. The smallest absolute Gasteiger partial charge is 0.415 e. The maximum absolute atomic E-state index is 13.7. The first-order chi connectivity index (χ1) is 25.7. The number of rotatable bonds is 14. The Balaban J connectivity index is 1.11. The van der Waals surface area contributed by atoms with Crippen molar-refractivity contribution >= 4 is 35.7 Å². The number of carbonyl (C=O) groups is 6. The second kappa shape index (κ2) is 17.1. The molecule has 3 heterocycles. The molecule has 16 nitrogen and oxygen atoms in total. The molecule has 0 spiro atoms. The molecule has 1 aliphatic carbocycles. The van der Waals surface area contributed by atoms with Crippen LogP contribution in [0.4, 0.5) is 4.79 Å². The van der Waals surface area contributed by atoms with Crippen LogP contribution in [0.15, 0.2) is 66.7 Å². The Labute approximate surface area is 306 Å². The fourth-order valence-electron chi connectivity index (χ4n) is 6.31. The van der Waals surface area contributed by atoms with Crippen LogP contribution in [0.2, 0.25) is 0 Å². The van der Waals surface area contributed by atoms with Gasteiger partial charge < -0.3 is 39.9 Å². The molecule has 53 heavy (non-hydrogen) atoms. The van der Waals surface area contributed by atoms with E-state index in [4.69, 9.17) is 9.47 Å². The van der Waals surface area contributed by atoms with Crippen molar-refractivity contribution in [2.45, 2.75) is 50.6 Å². The molecule has 3 aliphatic rings. The van der Waals surface area contributed by atoms with E-state index in [1.165, 1.54) is 25.4 Å². The molecule has 16 heteroatoms. The van der Waals surface area contributed by atoms with E-state index in [9.17, 15) is 33.9 Å². The number of para-hydroxylation sites is 2. The number of hydrogen-bond acceptors (Lipinski definition) is 9. The summed E-state index contributed by atoms with van der Waals surface area (Å²) in [6.07, 6.45) is 2.33. The van der Waals surface area contributed by atoms with Crippen LogP contribution in [0.1, 0.15) is 49.0 Å². The number of carboxylic acid groups (broad SMARTS) is 1. The molecular weight excluding hydrogens is 686 g/mol. The standard InChI is InChI=1S/C37H43N7O9/c45-31(43-17-7-12-30(43)35(49)38-23-25-13-14-25)24-52-32-22-29(40-44(32)26-8-3-1-4-9-26)34(48)39-28(15-16-33(46)47)36(50)41-18-20-42(21-19-41)37(51)53-27-10-5-2-6-11-27/h1-6,8-11,22,25,28,30H,7,12-21,23-24H2,(H,38,49)(H,39,48)(H,46,47). The number of likely N-dealkylation sites (tertiary alicyclic amines) is 1. The molecule has 1 saturated carbocycles. The number of amides is 5. The number of nitrogens with one attached hydrogen (secondary N) is 2. The molecule has 5 amide bonds. The molecule has 2 unspecified atom stereocenters. The Morgan fingerprint density at radius 3 is 2.23 bits per heavy atom. The number of hydrogen-bond donors (Lipinski definition) is 3. The highest BCUT2D eigenvalue weighted by Gasteiger charge is 2.36. The Morgan fingerprint density at radius 1 is 0.868 bits per heavy atom. The van der Waals surface area contributed by atoms with Gasteiger partial charge in [0.15, 0.2) is 12.3 Å². The van der Waals surface area contributed by atoms with Crippen molar-refractivity contribution in [2.24, 2.45) is 5.92 Å². The van der Waals surface area contributed by atoms with Crippen LogP contribution >= 0.6 is 0 Å². The lowest BCUT2D eigenvalue weighted by atomic mass is 10.1. The molecular formula is C37H43N7O9. The van der Waals surface area contributed by atoms with Crippen molar-refractivity contribution in [3.8, 4) is 17.3 Å². The largest absolute Gasteiger partial charge is 0.481 e. The number of ether oxygens (including phenoxy) is 2. The van der Waals surface area contributed by atoms with Crippen molar-refractivity contribution in [3.05, 3.63) is 72.4 Å². The quantitative estimate of drug-likeness (QED) is 0.221. The molecule has 2 atom stereocenters. The summed E-state index contributed by atoms with van der Waals surface area (Å²) in [6.45, 7) is 1.29. The molecule has 6 rings (SSSR count). The molecule has 1 aromatic heterocycles. The monoisotopic (exact) mass is 729 g/mol. The molecule has 0 radical (unpaired) electrons. The fraction of sp³-hybridized carbons (Fsp3) is 0.432. The van der Waals surface area contributed by atoms with Crippen LogP contribution in [-0.2, 0) is 19.2 Å². The third kappa shape index (κ3) is 9.69. The van der Waals surface area contributed by atoms with Gasteiger partial charge >= 0.3 is 12.1 Å². The van der Waals surface area contributed by atoms with Crippen LogP contribution in [0.3, 0.4) is 0 Å². The minimum Gasteiger partial charge on any atom is -0.481 e. The predicted molar refractivity (Wildman–Crippen MR) is 188 cm³/mol. The summed E-state index contributed by atoms with van der Waals surface area (Å²) in [4.78, 5) is 82.0. The van der Waals surface area contributed by atoms with Gasteiger partial charge in [0, 0.05) is 51.8 Å². The van der Waals surface area contributed by atoms with Crippen LogP contribution in [0.5, 0.6) is 11.6 Å². The van der Waals surface area contributed by atoms with E-state index in [1.807, 2.05) is 0 Å². The molecule has 3 aromatic rings. The summed E-state index contributed by atoms with van der Waals surface area (Å²) in [5.41, 5.74) is 0.408. The zero-order chi connectivity index (χ0) is 37.3. The summed E-state index contributed by atoms with van der Waals surface area (Å²) in [7, 11) is 0. The number of piperazine rings is 1. The molecule has 2 saturated heterocycles. The van der Waals surface area contributed by atoms with Gasteiger partial charge in [-0.05, 0) is 62.3 Å². The van der Waals surface area contributed by atoms with Gasteiger partial charge in [-0.2, -0.15) is 5.10 Å². The van der Waals surface area contributed by atoms with Crippen molar-refractivity contribution in [1.82, 2.24) is 35.1 Å². The summed E-state index contributed by atoms with van der Waals surface area (Å²) in [6, 6.07) is 17.0. The van der Waals surface area contributed by atoms with E-state index < -0.39 is 42.6 Å². The number of nitrogens with zero attached hydrogens (tertiary/aromatic N) is 5. The summed E-state index contributed by atoms with van der Waals surface area (Å²) < 4.78 is 12.7. The molecule has 3 fully saturated rings. The zero-order valence-electron chi connectivity index (χ0n) is 29.2. The topological polar surface area (TPSA) is 193 Å². The number of aromatic nitrogens is 2. The highest BCUT2D eigenvalue weighted by atomic mass is 16.6. The van der Waals surface area contributed by atoms with E-state index in [1.54, 1.807) is 60.7 Å². The molecule has 2 aromatic carbocycles. The van der Waals surface area contributed by atoms with E-state index in [0.717, 1.165) is 12.8 Å². The molecule has 280 valence electrons. The Hall–Kier alpha value is -5.93. The van der Waals surface area contributed by atoms with Gasteiger partial charge in [0.05, 0.1) is 5.69 Å². The lowest BCUT2D eigenvalue weighted by molar-refractivity contribution is -0.140. The van der Waals surface area contributed by atoms with Crippen LogP contribution in [-0.4, -0.2) is 123 Å². The first-order valence-corrected chi connectivity index (χ1v) is 17.8. The highest BCUT2D eigenvalue weighted by molar-refractivity contribution is 5.96. The Kier molecular flexibility index (Phi) is 11.9. The minimum absolute atomic E-state index is 0.0792. The predicted octanol–water partition coefficient (Wildman–Crippen LogP) is 2.07. The van der Waals surface area contributed by atoms with Gasteiger partial charge in [-0.15, -0.1) is 0 Å². The maximum Gasteiger partial charge on any atom is 0.415 e. The van der Waals surface area contributed by atoms with Gasteiger partial charge in [-0.1, -0.05) is 36.4 Å². The van der Waals surface area contributed by atoms with Gasteiger partial charge in [-0.25, -0.2) is 9.48 Å². The number of carboxylic acids is 1. The third-order valence-electron chi connectivity index (χ3n) is 9.44. The van der Waals surface area contributed by atoms with Crippen LogP contribution < -0.4 is 20.1 Å². The summed E-state index contributed by atoms with van der Waals surface area (Å²) >= 11 is 0. The third-order valence-corrected chi connectivity index (χ3v) is 9.44. The van der Waals surface area contributed by atoms with Crippen LogP contribution in [0, 0.1) is 5.92 Å². The second-order valence-corrected chi connectivity index (χ2v) is 13.3. The molecule has 2 aliphatic heterocycles. The van der Waals surface area contributed by atoms with E-state index in [0.29, 0.717) is 43.3 Å². The summed E-state index contributed by atoms with van der Waals surface area (Å²) in [5, 5.41) is 19.4. The first-order valence-electron chi connectivity index (χ1n) is 17.8. The van der Waals surface area contributed by atoms with Crippen molar-refractivity contribution in [3.63, 3.8) is 0 Å². The van der Waals surface area contributed by atoms with Crippen molar-refractivity contribution in [2.75, 3.05) is 45.9 Å². The molecule has 0 bridgehead atoms. The zero-order valence-corrected chi connectivity index (χ0v) is 29.2. The normalized spacial score (nSPS) is 17.5. The molecule has 3 N–H and O–H groups in total. The first kappa shape index (κ1) is 36.8. The Bertz CT molecular complexity index is 1790. The second-order valence-electron chi connectivity index (χ2n) is 13.3. The fourth-order valence-corrected chi connectivity index (χ4v) is 6.31.